The summed E-state index contributed by atoms with van der Waals surface area (Å²) in [5.74, 6) is -0.267. The molecule has 24 heavy (non-hydrogen) atoms. The number of carbonyl (C=O) groups excluding carboxylic acids is 2. The first-order chi connectivity index (χ1) is 11.4. The third-order valence-corrected chi connectivity index (χ3v) is 3.77. The van der Waals surface area contributed by atoms with E-state index in [2.05, 4.69) is 26.3 Å². The van der Waals surface area contributed by atoms with Gasteiger partial charge in [-0.3, -0.25) is 9.59 Å². The van der Waals surface area contributed by atoms with Crippen LogP contribution >= 0.6 is 15.9 Å². The lowest BCUT2D eigenvalue weighted by Gasteiger charge is -2.15. The normalized spacial score (nSPS) is 11.7. The molecule has 128 valence electrons. The number of likely N-dealkylation sites (N-methyl/N-ethyl adjacent to an activating group) is 1. The molecule has 1 aromatic carbocycles. The van der Waals surface area contributed by atoms with Crippen molar-refractivity contribution in [2.24, 2.45) is 0 Å². The number of halogens is 1. The maximum absolute atomic E-state index is 12.0. The van der Waals surface area contributed by atoms with Gasteiger partial charge in [-0.15, -0.1) is 5.10 Å². The fourth-order valence-corrected chi connectivity index (χ4v) is 2.18. The minimum atomic E-state index is -0.782. The average molecular weight is 395 g/mol. The van der Waals surface area contributed by atoms with E-state index in [4.69, 9.17) is 4.74 Å². The van der Waals surface area contributed by atoms with Crippen molar-refractivity contribution < 1.29 is 14.3 Å². The molecule has 1 heterocycles. The predicted molar refractivity (Wildman–Crippen MR) is 93.1 cm³/mol. The Kier molecular flexibility index (Phi) is 5.97. The van der Waals surface area contributed by atoms with Gasteiger partial charge in [0.15, 0.2) is 6.10 Å². The van der Waals surface area contributed by atoms with Crippen molar-refractivity contribution in [3.63, 3.8) is 0 Å². The van der Waals surface area contributed by atoms with Crippen molar-refractivity contribution >= 4 is 27.7 Å². The van der Waals surface area contributed by atoms with E-state index in [0.29, 0.717) is 10.4 Å². The van der Waals surface area contributed by atoms with Gasteiger partial charge in [0.2, 0.25) is 11.8 Å². The highest BCUT2D eigenvalue weighted by Crippen LogP contribution is 2.25. The molecule has 0 saturated heterocycles. The van der Waals surface area contributed by atoms with Crippen LogP contribution in [0.1, 0.15) is 6.92 Å². The van der Waals surface area contributed by atoms with Crippen LogP contribution in [0.15, 0.2) is 41.0 Å². The molecule has 8 heteroatoms. The molecule has 0 radical (unpaired) electrons. The number of nitrogens with one attached hydrogen (secondary N) is 1. The van der Waals surface area contributed by atoms with Crippen molar-refractivity contribution in [1.29, 1.82) is 0 Å². The highest BCUT2D eigenvalue weighted by molar-refractivity contribution is 9.10. The summed E-state index contributed by atoms with van der Waals surface area (Å²) in [5, 5.41) is 6.85. The number of ether oxygens (including phenoxy) is 1. The summed E-state index contributed by atoms with van der Waals surface area (Å²) < 4.78 is 7.87. The minimum absolute atomic E-state index is 0.0703. The molecule has 0 aliphatic carbocycles. The van der Waals surface area contributed by atoms with E-state index in [1.807, 2.05) is 30.3 Å². The Bertz CT molecular complexity index is 715. The second-order valence-corrected chi connectivity index (χ2v) is 6.18. The lowest BCUT2D eigenvalue weighted by Crippen LogP contribution is -2.42. The lowest BCUT2D eigenvalue weighted by atomic mass is 10.3. The molecule has 1 atom stereocenters. The van der Waals surface area contributed by atoms with E-state index in [9.17, 15) is 9.59 Å². The first-order valence-corrected chi connectivity index (χ1v) is 8.13. The van der Waals surface area contributed by atoms with Crippen molar-refractivity contribution in [1.82, 2.24) is 20.0 Å². The zero-order valence-electron chi connectivity index (χ0n) is 13.7. The van der Waals surface area contributed by atoms with E-state index in [0.717, 1.165) is 5.69 Å². The third kappa shape index (κ3) is 4.58. The van der Waals surface area contributed by atoms with Crippen LogP contribution in [-0.4, -0.2) is 53.2 Å². The molecule has 0 saturated carbocycles. The molecule has 0 spiro atoms. The van der Waals surface area contributed by atoms with Crippen LogP contribution in [0.25, 0.3) is 5.69 Å². The van der Waals surface area contributed by atoms with E-state index in [-0.39, 0.29) is 18.4 Å². The highest BCUT2D eigenvalue weighted by Gasteiger charge is 2.19. The number of aromatic nitrogens is 2. The number of rotatable bonds is 6. The summed E-state index contributed by atoms with van der Waals surface area (Å²) in [6.07, 6.45) is 0.973. The molecule has 1 N–H and O–H groups in total. The Morgan fingerprint density at radius 2 is 2.00 bits per heavy atom. The van der Waals surface area contributed by atoms with E-state index >= 15 is 0 Å². The Labute approximate surface area is 148 Å². The smallest absolute Gasteiger partial charge is 0.261 e. The maximum atomic E-state index is 12.0. The fraction of sp³-hybridized carbons (Fsp3) is 0.312. The van der Waals surface area contributed by atoms with Crippen molar-refractivity contribution in [3.8, 4) is 11.6 Å². The average Bonchev–Trinajstić information content (AvgIpc) is 2.93. The summed E-state index contributed by atoms with van der Waals surface area (Å²) in [6, 6.07) is 9.55. The van der Waals surface area contributed by atoms with Crippen LogP contribution in [0.2, 0.25) is 0 Å². The molecule has 7 nitrogen and oxygen atoms in total. The van der Waals surface area contributed by atoms with Gasteiger partial charge < -0.3 is 15.0 Å². The van der Waals surface area contributed by atoms with Gasteiger partial charge in [-0.1, -0.05) is 18.2 Å². The van der Waals surface area contributed by atoms with Gasteiger partial charge in [0, 0.05) is 20.3 Å². The molecule has 0 unspecified atom stereocenters. The largest absolute Gasteiger partial charge is 0.463 e. The molecule has 1 aromatic heterocycles. The molecule has 2 amide bonds. The van der Waals surface area contributed by atoms with Crippen molar-refractivity contribution in [2.75, 3.05) is 20.6 Å². The van der Waals surface area contributed by atoms with Crippen LogP contribution < -0.4 is 10.1 Å². The SMILES string of the molecule is C[C@@H](Oc1nn(-c2ccccc2)cc1Br)C(=O)NCC(=O)N(C)C. The van der Waals surface area contributed by atoms with Gasteiger partial charge in [-0.25, -0.2) is 4.68 Å². The van der Waals surface area contributed by atoms with Crippen LogP contribution in [0.3, 0.4) is 0 Å². The number of nitrogens with zero attached hydrogens (tertiary/aromatic N) is 3. The van der Waals surface area contributed by atoms with E-state index in [1.165, 1.54) is 4.90 Å². The lowest BCUT2D eigenvalue weighted by molar-refractivity contribution is -0.133. The zero-order valence-corrected chi connectivity index (χ0v) is 15.3. The summed E-state index contributed by atoms with van der Waals surface area (Å²) >= 11 is 3.37. The Hall–Kier alpha value is -2.35. The first-order valence-electron chi connectivity index (χ1n) is 7.33. The molecule has 2 rings (SSSR count). The molecule has 0 aliphatic rings. The number of para-hydroxylation sites is 1. The summed E-state index contributed by atoms with van der Waals surface area (Å²) in [5.41, 5.74) is 0.877. The van der Waals surface area contributed by atoms with Crippen LogP contribution in [0.5, 0.6) is 5.88 Å². The van der Waals surface area contributed by atoms with Gasteiger partial charge in [-0.05, 0) is 35.0 Å². The predicted octanol–water partition coefficient (Wildman–Crippen LogP) is 1.61. The van der Waals surface area contributed by atoms with Gasteiger partial charge in [-0.2, -0.15) is 0 Å². The number of hydrogen-bond donors (Lipinski definition) is 1. The number of hydrogen-bond acceptors (Lipinski definition) is 4. The number of carbonyl (C=O) groups is 2. The Balaban J connectivity index is 1.99. The summed E-state index contributed by atoms with van der Waals surface area (Å²) in [6.45, 7) is 1.53. The Morgan fingerprint density at radius 1 is 1.33 bits per heavy atom. The zero-order chi connectivity index (χ0) is 17.7. The van der Waals surface area contributed by atoms with E-state index < -0.39 is 6.10 Å². The van der Waals surface area contributed by atoms with Gasteiger partial charge >= 0.3 is 0 Å². The molecule has 0 fully saturated rings. The Morgan fingerprint density at radius 3 is 2.62 bits per heavy atom. The van der Waals surface area contributed by atoms with Crippen LogP contribution in [-0.2, 0) is 9.59 Å². The van der Waals surface area contributed by atoms with Crippen molar-refractivity contribution in [2.45, 2.75) is 13.0 Å². The maximum Gasteiger partial charge on any atom is 0.261 e. The molecular formula is C16H19BrN4O3. The standard InChI is InChI=1S/C16H19BrN4O3/c1-11(15(23)18-9-14(22)20(2)3)24-16-13(17)10-21(19-16)12-7-5-4-6-8-12/h4-8,10-11H,9H2,1-3H3,(H,18,23)/t11-/m1/s1. The quantitative estimate of drug-likeness (QED) is 0.807. The fourth-order valence-electron chi connectivity index (χ4n) is 1.82. The van der Waals surface area contributed by atoms with Crippen LogP contribution in [0.4, 0.5) is 0 Å². The topological polar surface area (TPSA) is 76.5 Å². The second kappa shape index (κ2) is 7.96. The third-order valence-electron chi connectivity index (χ3n) is 3.23. The van der Waals surface area contributed by atoms with Gasteiger partial charge in [0.25, 0.3) is 5.91 Å². The van der Waals surface area contributed by atoms with Crippen LogP contribution in [0, 0.1) is 0 Å². The first kappa shape index (κ1) is 18.0. The van der Waals surface area contributed by atoms with E-state index in [1.54, 1.807) is 31.9 Å². The summed E-state index contributed by atoms with van der Waals surface area (Å²) in [4.78, 5) is 24.9. The monoisotopic (exact) mass is 394 g/mol. The summed E-state index contributed by atoms with van der Waals surface area (Å²) in [7, 11) is 3.25. The molecular weight excluding hydrogens is 376 g/mol. The van der Waals surface area contributed by atoms with Gasteiger partial charge in [0.05, 0.1) is 16.7 Å². The molecule has 2 aromatic rings. The highest BCUT2D eigenvalue weighted by atomic mass is 79.9. The minimum Gasteiger partial charge on any atom is -0.463 e. The number of amides is 2. The second-order valence-electron chi connectivity index (χ2n) is 5.33. The number of benzene rings is 1. The molecule has 0 aliphatic heterocycles. The van der Waals surface area contributed by atoms with Crippen molar-refractivity contribution in [3.05, 3.63) is 41.0 Å². The molecule has 0 bridgehead atoms. The van der Waals surface area contributed by atoms with Gasteiger partial charge in [0.1, 0.15) is 0 Å².